The van der Waals surface area contributed by atoms with Crippen molar-refractivity contribution < 1.29 is 13.5 Å². The quantitative estimate of drug-likeness (QED) is 0.698. The van der Waals surface area contributed by atoms with E-state index in [2.05, 4.69) is 4.98 Å². The van der Waals surface area contributed by atoms with Gasteiger partial charge in [-0.1, -0.05) is 0 Å². The van der Waals surface area contributed by atoms with Gasteiger partial charge in [0.1, 0.15) is 5.58 Å². The molecule has 2 aromatic heterocycles. The second-order valence-electron chi connectivity index (χ2n) is 4.00. The van der Waals surface area contributed by atoms with Gasteiger partial charge in [0.2, 0.25) is 0 Å². The summed E-state index contributed by atoms with van der Waals surface area (Å²) in [5.74, 6) is 1.07. The van der Waals surface area contributed by atoms with E-state index in [1.807, 2.05) is 23.9 Å². The molecule has 3 rings (SSSR count). The van der Waals surface area contributed by atoms with Crippen molar-refractivity contribution in [3.63, 3.8) is 0 Å². The molecule has 0 saturated heterocycles. The Morgan fingerprint density at radius 3 is 2.83 bits per heavy atom. The van der Waals surface area contributed by atoms with Crippen molar-refractivity contribution in [2.24, 2.45) is 7.05 Å². The summed E-state index contributed by atoms with van der Waals surface area (Å²) in [5, 5.41) is 0.784. The second-order valence-corrected chi connectivity index (χ2v) is 4.00. The molecule has 0 aliphatic heterocycles. The van der Waals surface area contributed by atoms with Crippen LogP contribution in [-0.2, 0) is 7.05 Å². The zero-order valence-electron chi connectivity index (χ0n) is 9.98. The van der Waals surface area contributed by atoms with Gasteiger partial charge in [-0.05, 0) is 12.1 Å². The first-order valence-electron chi connectivity index (χ1n) is 5.44. The number of rotatable bonds is 2. The minimum atomic E-state index is -0.439. The number of halogens is 1. The van der Waals surface area contributed by atoms with Gasteiger partial charge < -0.3 is 13.7 Å². The molecule has 0 unspecified atom stereocenters. The standard InChI is InChI=1S/C13H11FN2O2/c1-16-4-3-15-13(16)12-6-8-5-11(17-2)9(14)7-10(8)18-12/h3-7H,1-2H3. The summed E-state index contributed by atoms with van der Waals surface area (Å²) in [7, 11) is 3.31. The van der Waals surface area contributed by atoms with Crippen molar-refractivity contribution in [3.05, 3.63) is 36.4 Å². The fraction of sp³-hybridized carbons (Fsp3) is 0.154. The predicted octanol–water partition coefficient (Wildman–Crippen LogP) is 2.98. The van der Waals surface area contributed by atoms with Gasteiger partial charge in [0.15, 0.2) is 23.2 Å². The first-order chi connectivity index (χ1) is 8.69. The Balaban J connectivity index is 2.20. The van der Waals surface area contributed by atoms with E-state index in [1.54, 1.807) is 12.3 Å². The average molecular weight is 246 g/mol. The van der Waals surface area contributed by atoms with Crippen molar-refractivity contribution in [2.45, 2.75) is 0 Å². The van der Waals surface area contributed by atoms with E-state index in [0.29, 0.717) is 17.2 Å². The van der Waals surface area contributed by atoms with Crippen LogP contribution in [0.2, 0.25) is 0 Å². The molecule has 0 radical (unpaired) electrons. The first kappa shape index (κ1) is 10.8. The van der Waals surface area contributed by atoms with E-state index in [9.17, 15) is 4.39 Å². The van der Waals surface area contributed by atoms with Gasteiger partial charge in [-0.3, -0.25) is 0 Å². The summed E-state index contributed by atoms with van der Waals surface area (Å²) in [5.41, 5.74) is 0.478. The van der Waals surface area contributed by atoms with Crippen LogP contribution in [0.4, 0.5) is 4.39 Å². The zero-order chi connectivity index (χ0) is 12.7. The van der Waals surface area contributed by atoms with Crippen molar-refractivity contribution >= 4 is 11.0 Å². The lowest BCUT2D eigenvalue weighted by atomic mass is 10.2. The van der Waals surface area contributed by atoms with Gasteiger partial charge in [-0.15, -0.1) is 0 Å². The average Bonchev–Trinajstić information content (AvgIpc) is 2.93. The molecule has 0 aliphatic carbocycles. The van der Waals surface area contributed by atoms with Crippen LogP contribution >= 0.6 is 0 Å². The third-order valence-corrected chi connectivity index (χ3v) is 2.83. The fourth-order valence-corrected chi connectivity index (χ4v) is 1.91. The van der Waals surface area contributed by atoms with Crippen LogP contribution in [0.5, 0.6) is 5.75 Å². The number of methoxy groups -OCH3 is 1. The van der Waals surface area contributed by atoms with E-state index >= 15 is 0 Å². The van der Waals surface area contributed by atoms with Crippen LogP contribution in [0.25, 0.3) is 22.6 Å². The monoisotopic (exact) mass is 246 g/mol. The van der Waals surface area contributed by atoms with Crippen molar-refractivity contribution in [2.75, 3.05) is 7.11 Å². The maximum atomic E-state index is 13.5. The second kappa shape index (κ2) is 3.87. The van der Waals surface area contributed by atoms with E-state index < -0.39 is 5.82 Å². The van der Waals surface area contributed by atoms with E-state index in [4.69, 9.17) is 9.15 Å². The SMILES string of the molecule is COc1cc2cc(-c3nccn3C)oc2cc1F. The van der Waals surface area contributed by atoms with Gasteiger partial charge >= 0.3 is 0 Å². The zero-order valence-corrected chi connectivity index (χ0v) is 9.98. The van der Waals surface area contributed by atoms with E-state index in [0.717, 1.165) is 5.39 Å². The Hall–Kier alpha value is -2.30. The lowest BCUT2D eigenvalue weighted by Gasteiger charge is -1.99. The molecule has 0 bridgehead atoms. The van der Waals surface area contributed by atoms with Crippen LogP contribution in [0, 0.1) is 5.82 Å². The Morgan fingerprint density at radius 2 is 2.17 bits per heavy atom. The maximum Gasteiger partial charge on any atom is 0.175 e. The lowest BCUT2D eigenvalue weighted by Crippen LogP contribution is -1.88. The molecule has 0 aliphatic rings. The summed E-state index contributed by atoms with van der Waals surface area (Å²) in [6.07, 6.45) is 3.51. The lowest BCUT2D eigenvalue weighted by molar-refractivity contribution is 0.387. The molecule has 5 heteroatoms. The topological polar surface area (TPSA) is 40.2 Å². The molecule has 4 nitrogen and oxygen atoms in total. The largest absolute Gasteiger partial charge is 0.494 e. The molecule has 0 amide bonds. The Morgan fingerprint density at radius 1 is 1.33 bits per heavy atom. The molecule has 0 spiro atoms. The van der Waals surface area contributed by atoms with Crippen LogP contribution in [0.3, 0.4) is 0 Å². The summed E-state index contributed by atoms with van der Waals surface area (Å²) in [6.45, 7) is 0. The molecule has 0 atom stereocenters. The number of hydrogen-bond donors (Lipinski definition) is 0. The third-order valence-electron chi connectivity index (χ3n) is 2.83. The molecule has 0 saturated carbocycles. The Kier molecular flexibility index (Phi) is 2.33. The number of aryl methyl sites for hydroxylation is 1. The Labute approximate surface area is 103 Å². The Bertz CT molecular complexity index is 715. The molecule has 0 fully saturated rings. The smallest absolute Gasteiger partial charge is 0.175 e. The minimum Gasteiger partial charge on any atom is -0.494 e. The highest BCUT2D eigenvalue weighted by molar-refractivity contribution is 5.83. The normalized spacial score (nSPS) is 11.1. The number of hydrogen-bond acceptors (Lipinski definition) is 3. The van der Waals surface area contributed by atoms with Crippen LogP contribution in [0.1, 0.15) is 0 Å². The maximum absolute atomic E-state index is 13.5. The first-order valence-corrected chi connectivity index (χ1v) is 5.44. The molecule has 18 heavy (non-hydrogen) atoms. The van der Waals surface area contributed by atoms with Crippen LogP contribution < -0.4 is 4.74 Å². The summed E-state index contributed by atoms with van der Waals surface area (Å²) in [6, 6.07) is 4.75. The summed E-state index contributed by atoms with van der Waals surface area (Å²) >= 11 is 0. The number of imidazole rings is 1. The summed E-state index contributed by atoms with van der Waals surface area (Å²) in [4.78, 5) is 4.19. The van der Waals surface area contributed by atoms with Crippen LogP contribution in [0.15, 0.2) is 35.0 Å². The van der Waals surface area contributed by atoms with Crippen molar-refractivity contribution in [1.82, 2.24) is 9.55 Å². The molecule has 3 aromatic rings. The molecule has 0 N–H and O–H groups in total. The molecular weight excluding hydrogens is 235 g/mol. The molecule has 92 valence electrons. The number of nitrogens with zero attached hydrogens (tertiary/aromatic N) is 2. The fourth-order valence-electron chi connectivity index (χ4n) is 1.91. The number of aromatic nitrogens is 2. The highest BCUT2D eigenvalue weighted by Gasteiger charge is 2.13. The summed E-state index contributed by atoms with van der Waals surface area (Å²) < 4.78 is 25.9. The van der Waals surface area contributed by atoms with Gasteiger partial charge in [0, 0.05) is 30.9 Å². The van der Waals surface area contributed by atoms with Gasteiger partial charge in [0.05, 0.1) is 7.11 Å². The number of fused-ring (bicyclic) bond motifs is 1. The van der Waals surface area contributed by atoms with Gasteiger partial charge in [-0.2, -0.15) is 0 Å². The molecule has 2 heterocycles. The number of furan rings is 1. The third kappa shape index (κ3) is 1.55. The minimum absolute atomic E-state index is 0.203. The number of ether oxygens (including phenoxy) is 1. The van der Waals surface area contributed by atoms with Gasteiger partial charge in [-0.25, -0.2) is 9.37 Å². The van der Waals surface area contributed by atoms with Gasteiger partial charge in [0.25, 0.3) is 0 Å². The predicted molar refractivity (Wildman–Crippen MR) is 64.9 cm³/mol. The van der Waals surface area contributed by atoms with E-state index in [-0.39, 0.29) is 5.75 Å². The molecular formula is C13H11FN2O2. The molecule has 1 aromatic carbocycles. The van der Waals surface area contributed by atoms with Crippen LogP contribution in [-0.4, -0.2) is 16.7 Å². The highest BCUT2D eigenvalue weighted by Crippen LogP contribution is 2.30. The van der Waals surface area contributed by atoms with Crippen molar-refractivity contribution in [1.29, 1.82) is 0 Å². The van der Waals surface area contributed by atoms with Crippen molar-refractivity contribution in [3.8, 4) is 17.3 Å². The highest BCUT2D eigenvalue weighted by atomic mass is 19.1. The number of benzene rings is 1. The van der Waals surface area contributed by atoms with E-state index in [1.165, 1.54) is 13.2 Å².